The zero-order valence-corrected chi connectivity index (χ0v) is 10.8. The molecule has 2 heteroatoms. The molecule has 0 atom stereocenters. The number of hydrogen-bond acceptors (Lipinski definition) is 2. The van der Waals surface area contributed by atoms with Crippen LogP contribution in [0, 0.1) is 20.8 Å². The first-order chi connectivity index (χ1) is 7.47. The first kappa shape index (κ1) is 12.8. The molecule has 2 nitrogen and oxygen atoms in total. The number of ether oxygens (including phenoxy) is 1. The Morgan fingerprint density at radius 3 is 2.38 bits per heavy atom. The fourth-order valence-corrected chi connectivity index (χ4v) is 2.00. The summed E-state index contributed by atoms with van der Waals surface area (Å²) in [5.41, 5.74) is 4.92. The second kappa shape index (κ2) is 5.15. The van der Waals surface area contributed by atoms with Crippen LogP contribution < -0.4 is 4.74 Å². The molecular formula is C14H20O2. The van der Waals surface area contributed by atoms with Crippen LogP contribution in [0.25, 0.3) is 0 Å². The van der Waals surface area contributed by atoms with Gasteiger partial charge in [0.1, 0.15) is 11.5 Å². The van der Waals surface area contributed by atoms with Gasteiger partial charge in [-0.3, -0.25) is 0 Å². The van der Waals surface area contributed by atoms with Crippen molar-refractivity contribution >= 4 is 5.78 Å². The lowest BCUT2D eigenvalue weighted by Gasteiger charge is -2.15. The normalized spacial score (nSPS) is 10.3. The second-order valence-corrected chi connectivity index (χ2v) is 4.33. The van der Waals surface area contributed by atoms with E-state index in [1.54, 1.807) is 14.0 Å². The van der Waals surface area contributed by atoms with Gasteiger partial charge in [0.05, 0.1) is 7.11 Å². The number of carbonyl (C=O) groups is 1. The minimum atomic E-state index is 0.243. The van der Waals surface area contributed by atoms with E-state index in [0.29, 0.717) is 6.42 Å². The third kappa shape index (κ3) is 2.63. The fraction of sp³-hybridized carbons (Fsp3) is 0.500. The Kier molecular flexibility index (Phi) is 4.11. The predicted octanol–water partition coefficient (Wildman–Crippen LogP) is 3.14. The molecule has 1 rings (SSSR count). The molecule has 0 N–H and O–H groups in total. The Bertz CT molecular complexity index is 406. The minimum absolute atomic E-state index is 0.243. The highest BCUT2D eigenvalue weighted by Crippen LogP contribution is 2.28. The molecule has 1 aromatic rings. The molecule has 0 radical (unpaired) electrons. The summed E-state index contributed by atoms with van der Waals surface area (Å²) in [6, 6.07) is 2.05. The molecule has 0 spiro atoms. The largest absolute Gasteiger partial charge is 0.496 e. The number of benzene rings is 1. The van der Waals surface area contributed by atoms with Gasteiger partial charge < -0.3 is 9.53 Å². The van der Waals surface area contributed by atoms with E-state index < -0.39 is 0 Å². The van der Waals surface area contributed by atoms with Gasteiger partial charge in [-0.15, -0.1) is 0 Å². The monoisotopic (exact) mass is 220 g/mol. The molecule has 1 aromatic carbocycles. The Labute approximate surface area is 97.6 Å². The standard InChI is InChI=1S/C14H20O2/c1-9-8-14(16-5)12(4)11(3)13(9)7-6-10(2)15/h8H,6-7H2,1-5H3. The van der Waals surface area contributed by atoms with E-state index in [9.17, 15) is 4.79 Å². The van der Waals surface area contributed by atoms with Crippen molar-refractivity contribution in [1.29, 1.82) is 0 Å². The average molecular weight is 220 g/mol. The van der Waals surface area contributed by atoms with Crippen LogP contribution in [0.3, 0.4) is 0 Å². The number of rotatable bonds is 4. The Morgan fingerprint density at radius 2 is 1.88 bits per heavy atom. The van der Waals surface area contributed by atoms with E-state index in [2.05, 4.69) is 26.8 Å². The summed E-state index contributed by atoms with van der Waals surface area (Å²) >= 11 is 0. The van der Waals surface area contributed by atoms with Gasteiger partial charge in [-0.05, 0) is 62.4 Å². The predicted molar refractivity (Wildman–Crippen MR) is 66.2 cm³/mol. The van der Waals surface area contributed by atoms with E-state index in [1.165, 1.54) is 22.3 Å². The lowest BCUT2D eigenvalue weighted by atomic mass is 9.93. The SMILES string of the molecule is COc1cc(C)c(CCC(C)=O)c(C)c1C. The van der Waals surface area contributed by atoms with Gasteiger partial charge in [-0.2, -0.15) is 0 Å². The Morgan fingerprint density at radius 1 is 1.25 bits per heavy atom. The number of ketones is 1. The van der Waals surface area contributed by atoms with Gasteiger partial charge in [-0.25, -0.2) is 0 Å². The van der Waals surface area contributed by atoms with E-state index in [1.807, 2.05) is 0 Å². The minimum Gasteiger partial charge on any atom is -0.496 e. The number of carbonyl (C=O) groups excluding carboxylic acids is 1. The van der Waals surface area contributed by atoms with Crippen molar-refractivity contribution in [2.75, 3.05) is 7.11 Å². The van der Waals surface area contributed by atoms with Gasteiger partial charge in [0, 0.05) is 6.42 Å². The van der Waals surface area contributed by atoms with Crippen molar-refractivity contribution in [2.24, 2.45) is 0 Å². The molecular weight excluding hydrogens is 200 g/mol. The molecule has 0 saturated heterocycles. The molecule has 88 valence electrons. The van der Waals surface area contributed by atoms with E-state index in [4.69, 9.17) is 4.74 Å². The summed E-state index contributed by atoms with van der Waals surface area (Å²) in [7, 11) is 1.69. The maximum atomic E-state index is 11.0. The summed E-state index contributed by atoms with van der Waals surface area (Å²) in [6.07, 6.45) is 1.45. The van der Waals surface area contributed by atoms with Gasteiger partial charge in [-0.1, -0.05) is 0 Å². The van der Waals surface area contributed by atoms with Crippen molar-refractivity contribution in [1.82, 2.24) is 0 Å². The van der Waals surface area contributed by atoms with Gasteiger partial charge >= 0.3 is 0 Å². The molecule has 0 saturated carbocycles. The van der Waals surface area contributed by atoms with Crippen LogP contribution in [0.1, 0.15) is 35.6 Å². The third-order valence-corrected chi connectivity index (χ3v) is 3.16. The molecule has 0 amide bonds. The van der Waals surface area contributed by atoms with Crippen molar-refractivity contribution < 1.29 is 9.53 Å². The molecule has 0 aromatic heterocycles. The van der Waals surface area contributed by atoms with Gasteiger partial charge in [0.25, 0.3) is 0 Å². The first-order valence-corrected chi connectivity index (χ1v) is 5.60. The molecule has 0 aliphatic heterocycles. The highest BCUT2D eigenvalue weighted by Gasteiger charge is 2.10. The number of methoxy groups -OCH3 is 1. The first-order valence-electron chi connectivity index (χ1n) is 5.60. The van der Waals surface area contributed by atoms with Crippen LogP contribution in [0.15, 0.2) is 6.07 Å². The van der Waals surface area contributed by atoms with Crippen LogP contribution >= 0.6 is 0 Å². The van der Waals surface area contributed by atoms with Gasteiger partial charge in [0.15, 0.2) is 0 Å². The summed E-state index contributed by atoms with van der Waals surface area (Å²) in [5.74, 6) is 1.17. The second-order valence-electron chi connectivity index (χ2n) is 4.33. The van der Waals surface area contributed by atoms with Crippen LogP contribution in [-0.2, 0) is 11.2 Å². The number of Topliss-reactive ketones (excluding diaryl/α,β-unsaturated/α-hetero) is 1. The lowest BCUT2D eigenvalue weighted by molar-refractivity contribution is -0.116. The number of hydrogen-bond donors (Lipinski definition) is 0. The molecule has 0 heterocycles. The van der Waals surface area contributed by atoms with Crippen LogP contribution in [0.5, 0.6) is 5.75 Å². The van der Waals surface area contributed by atoms with Crippen molar-refractivity contribution in [2.45, 2.75) is 40.5 Å². The van der Waals surface area contributed by atoms with Crippen LogP contribution in [0.4, 0.5) is 0 Å². The summed E-state index contributed by atoms with van der Waals surface area (Å²) in [6.45, 7) is 7.87. The molecule has 0 unspecified atom stereocenters. The highest BCUT2D eigenvalue weighted by molar-refractivity contribution is 5.75. The fourth-order valence-electron chi connectivity index (χ4n) is 2.00. The maximum absolute atomic E-state index is 11.0. The maximum Gasteiger partial charge on any atom is 0.130 e. The third-order valence-electron chi connectivity index (χ3n) is 3.16. The number of aryl methyl sites for hydroxylation is 1. The molecule has 0 aliphatic carbocycles. The van der Waals surface area contributed by atoms with Crippen molar-refractivity contribution in [3.05, 3.63) is 28.3 Å². The van der Waals surface area contributed by atoms with Crippen molar-refractivity contribution in [3.8, 4) is 5.75 Å². The zero-order valence-electron chi connectivity index (χ0n) is 10.8. The van der Waals surface area contributed by atoms with E-state index in [0.717, 1.165) is 12.2 Å². The topological polar surface area (TPSA) is 26.3 Å². The summed E-state index contributed by atoms with van der Waals surface area (Å²) in [4.78, 5) is 11.0. The van der Waals surface area contributed by atoms with E-state index in [-0.39, 0.29) is 5.78 Å². The smallest absolute Gasteiger partial charge is 0.130 e. The highest BCUT2D eigenvalue weighted by atomic mass is 16.5. The van der Waals surface area contributed by atoms with Crippen LogP contribution in [-0.4, -0.2) is 12.9 Å². The average Bonchev–Trinajstić information content (AvgIpc) is 2.22. The zero-order chi connectivity index (χ0) is 12.3. The van der Waals surface area contributed by atoms with E-state index >= 15 is 0 Å². The summed E-state index contributed by atoms with van der Waals surface area (Å²) < 4.78 is 5.32. The summed E-state index contributed by atoms with van der Waals surface area (Å²) in [5, 5.41) is 0. The Balaban J connectivity index is 3.10. The Hall–Kier alpha value is -1.31. The molecule has 16 heavy (non-hydrogen) atoms. The lowest BCUT2D eigenvalue weighted by Crippen LogP contribution is -2.02. The molecule has 0 bridgehead atoms. The van der Waals surface area contributed by atoms with Crippen LogP contribution in [0.2, 0.25) is 0 Å². The quantitative estimate of drug-likeness (QED) is 0.779. The van der Waals surface area contributed by atoms with Gasteiger partial charge in [0.2, 0.25) is 0 Å². The molecule has 0 fully saturated rings. The van der Waals surface area contributed by atoms with Crippen molar-refractivity contribution in [3.63, 3.8) is 0 Å². The molecule has 0 aliphatic rings.